The molecule has 5 rings (SSSR count). The summed E-state index contributed by atoms with van der Waals surface area (Å²) in [7, 11) is 2.17. The second-order valence-corrected chi connectivity index (χ2v) is 12.0. The van der Waals surface area contributed by atoms with Crippen molar-refractivity contribution in [3.63, 3.8) is 0 Å². The zero-order valence-corrected chi connectivity index (χ0v) is 22.0. The molecule has 1 aromatic rings. The third-order valence-electron chi connectivity index (χ3n) is 8.95. The van der Waals surface area contributed by atoms with E-state index in [0.29, 0.717) is 23.5 Å². The van der Waals surface area contributed by atoms with Gasteiger partial charge >= 0.3 is 0 Å². The number of hydrogen-bond acceptors (Lipinski definition) is 7. The number of rotatable bonds is 4. The van der Waals surface area contributed by atoms with Crippen LogP contribution < -0.4 is 0 Å². The monoisotopic (exact) mass is 488 g/mol. The van der Waals surface area contributed by atoms with Gasteiger partial charge in [0, 0.05) is 63.5 Å². The second kappa shape index (κ2) is 10.3. The summed E-state index contributed by atoms with van der Waals surface area (Å²) in [5, 5.41) is 10.5. The van der Waals surface area contributed by atoms with Crippen molar-refractivity contribution >= 4 is 0 Å². The standard InChI is InChI=1S/C28H44N2O5/c1-20(2)25-7-5-21(3)18-28(25)34-32-27(33-35-28)11-9-22(10-12-27)23-6-8-26(31)24(17-23)19-30-15-13-29(4)14-16-30/h6,8,17,20-22,25,31H,5,7,9-16,18-19H2,1-4H3. The van der Waals surface area contributed by atoms with Crippen LogP contribution in [0.1, 0.15) is 82.8 Å². The lowest BCUT2D eigenvalue weighted by Crippen LogP contribution is -2.58. The predicted molar refractivity (Wildman–Crippen MR) is 133 cm³/mol. The van der Waals surface area contributed by atoms with Crippen molar-refractivity contribution in [2.75, 3.05) is 33.2 Å². The molecule has 0 aromatic heterocycles. The summed E-state index contributed by atoms with van der Waals surface area (Å²) in [5.74, 6) is 0.432. The minimum Gasteiger partial charge on any atom is -0.508 e. The van der Waals surface area contributed by atoms with Crippen LogP contribution in [0.4, 0.5) is 0 Å². The lowest BCUT2D eigenvalue weighted by molar-refractivity contribution is -0.671. The van der Waals surface area contributed by atoms with Gasteiger partial charge in [0.25, 0.3) is 0 Å². The Labute approximate surface area is 210 Å². The van der Waals surface area contributed by atoms with Crippen molar-refractivity contribution in [3.8, 4) is 5.75 Å². The first-order valence-electron chi connectivity index (χ1n) is 13.7. The van der Waals surface area contributed by atoms with Gasteiger partial charge in [-0.3, -0.25) is 4.90 Å². The Morgan fingerprint density at radius 1 is 0.971 bits per heavy atom. The van der Waals surface area contributed by atoms with Gasteiger partial charge in [-0.05, 0) is 55.7 Å². The van der Waals surface area contributed by atoms with Gasteiger partial charge in [0.1, 0.15) is 5.75 Å². The normalized spacial score (nSPS) is 37.3. The van der Waals surface area contributed by atoms with Crippen LogP contribution in [0.5, 0.6) is 5.75 Å². The number of hydrogen-bond donors (Lipinski definition) is 1. The Balaban J connectivity index is 1.19. The molecule has 4 fully saturated rings. The van der Waals surface area contributed by atoms with E-state index in [-0.39, 0.29) is 5.92 Å². The highest BCUT2D eigenvalue weighted by molar-refractivity contribution is 5.38. The van der Waals surface area contributed by atoms with Crippen LogP contribution in [0.2, 0.25) is 0 Å². The Hall–Kier alpha value is -1.22. The van der Waals surface area contributed by atoms with Crippen molar-refractivity contribution in [2.24, 2.45) is 17.8 Å². The molecule has 0 bridgehead atoms. The zero-order valence-electron chi connectivity index (χ0n) is 22.0. The highest BCUT2D eigenvalue weighted by Crippen LogP contribution is 2.51. The molecular formula is C28H44N2O5. The minimum atomic E-state index is -0.816. The Morgan fingerprint density at radius 3 is 2.31 bits per heavy atom. The summed E-state index contributed by atoms with van der Waals surface area (Å²) in [6.45, 7) is 11.7. The van der Waals surface area contributed by atoms with E-state index in [2.05, 4.69) is 49.8 Å². The molecule has 7 heteroatoms. The third-order valence-corrected chi connectivity index (χ3v) is 8.95. The van der Waals surface area contributed by atoms with Crippen molar-refractivity contribution in [1.29, 1.82) is 0 Å². The lowest BCUT2D eigenvalue weighted by Gasteiger charge is -2.51. The van der Waals surface area contributed by atoms with Gasteiger partial charge in [-0.15, -0.1) is 0 Å². The van der Waals surface area contributed by atoms with E-state index < -0.39 is 11.6 Å². The van der Waals surface area contributed by atoms with Crippen molar-refractivity contribution < 1.29 is 24.7 Å². The molecule has 1 N–H and O–H groups in total. The van der Waals surface area contributed by atoms with E-state index in [4.69, 9.17) is 19.6 Å². The highest BCUT2D eigenvalue weighted by atomic mass is 17.4. The molecule has 2 heterocycles. The average Bonchev–Trinajstić information content (AvgIpc) is 2.84. The predicted octanol–water partition coefficient (Wildman–Crippen LogP) is 5.19. The smallest absolute Gasteiger partial charge is 0.237 e. The molecule has 1 aromatic carbocycles. The summed E-state index contributed by atoms with van der Waals surface area (Å²) >= 11 is 0. The topological polar surface area (TPSA) is 63.6 Å². The molecule has 35 heavy (non-hydrogen) atoms. The number of aromatic hydroxyl groups is 1. The molecule has 2 atom stereocenters. The van der Waals surface area contributed by atoms with Gasteiger partial charge < -0.3 is 10.0 Å². The molecule has 4 aliphatic rings. The summed E-state index contributed by atoms with van der Waals surface area (Å²) < 4.78 is 0. The van der Waals surface area contributed by atoms with Crippen LogP contribution >= 0.6 is 0 Å². The van der Waals surface area contributed by atoms with Crippen LogP contribution in [0.15, 0.2) is 18.2 Å². The lowest BCUT2D eigenvalue weighted by atomic mass is 9.73. The molecule has 2 spiro atoms. The van der Waals surface area contributed by atoms with E-state index in [9.17, 15) is 5.11 Å². The summed E-state index contributed by atoms with van der Waals surface area (Å²) in [4.78, 5) is 29.2. The van der Waals surface area contributed by atoms with Gasteiger partial charge in [0.2, 0.25) is 11.6 Å². The van der Waals surface area contributed by atoms with E-state index in [1.807, 2.05) is 6.07 Å². The van der Waals surface area contributed by atoms with E-state index in [1.165, 1.54) is 12.0 Å². The number of benzene rings is 1. The van der Waals surface area contributed by atoms with Gasteiger partial charge in [0.15, 0.2) is 0 Å². The molecule has 2 unspecified atom stereocenters. The first kappa shape index (κ1) is 25.4. The van der Waals surface area contributed by atoms with Crippen LogP contribution in [0, 0.1) is 17.8 Å². The van der Waals surface area contributed by atoms with Gasteiger partial charge in [0.05, 0.1) is 0 Å². The van der Waals surface area contributed by atoms with Crippen LogP contribution in [-0.2, 0) is 26.1 Å². The van der Waals surface area contributed by atoms with E-state index >= 15 is 0 Å². The zero-order chi connectivity index (χ0) is 24.6. The first-order chi connectivity index (χ1) is 16.8. The van der Waals surface area contributed by atoms with Crippen molar-refractivity contribution in [1.82, 2.24) is 9.80 Å². The maximum Gasteiger partial charge on any atom is 0.237 e. The molecule has 0 amide bonds. The Morgan fingerprint density at radius 2 is 1.66 bits per heavy atom. The number of nitrogens with zero attached hydrogens (tertiary/aromatic N) is 2. The summed E-state index contributed by atoms with van der Waals surface area (Å²) in [6, 6.07) is 6.15. The van der Waals surface area contributed by atoms with Crippen LogP contribution in [0.3, 0.4) is 0 Å². The third kappa shape index (κ3) is 5.41. The molecule has 7 nitrogen and oxygen atoms in total. The highest BCUT2D eigenvalue weighted by Gasteiger charge is 2.56. The molecule has 0 radical (unpaired) electrons. The fraction of sp³-hybridized carbons (Fsp3) is 0.786. The number of phenolic OH excluding ortho intramolecular Hbond substituents is 1. The fourth-order valence-corrected chi connectivity index (χ4v) is 6.57. The molecule has 2 aliphatic carbocycles. The van der Waals surface area contributed by atoms with Crippen molar-refractivity contribution in [2.45, 2.75) is 89.8 Å². The van der Waals surface area contributed by atoms with Gasteiger partial charge in [-0.2, -0.15) is 19.6 Å². The van der Waals surface area contributed by atoms with Crippen LogP contribution in [-0.4, -0.2) is 59.7 Å². The first-order valence-corrected chi connectivity index (χ1v) is 13.7. The Bertz CT molecular complexity index is 851. The van der Waals surface area contributed by atoms with Crippen LogP contribution in [0.25, 0.3) is 0 Å². The Kier molecular flexibility index (Phi) is 7.46. The van der Waals surface area contributed by atoms with Gasteiger partial charge in [-0.25, -0.2) is 0 Å². The van der Waals surface area contributed by atoms with E-state index in [1.54, 1.807) is 0 Å². The maximum atomic E-state index is 10.5. The number of phenols is 1. The maximum absolute atomic E-state index is 10.5. The average molecular weight is 489 g/mol. The number of piperazine rings is 1. The quantitative estimate of drug-likeness (QED) is 0.585. The molecule has 2 saturated carbocycles. The van der Waals surface area contributed by atoms with Crippen molar-refractivity contribution in [3.05, 3.63) is 29.3 Å². The molecule has 196 valence electrons. The largest absolute Gasteiger partial charge is 0.508 e. The SMILES string of the molecule is CC1CCC(C(C)C)C2(C1)OOC1(CCC(c3ccc(O)c(CN4CCN(C)CC4)c3)CC1)OO2. The summed E-state index contributed by atoms with van der Waals surface area (Å²) in [5.41, 5.74) is 2.31. The minimum absolute atomic E-state index is 0.267. The van der Waals surface area contributed by atoms with Gasteiger partial charge in [-0.1, -0.05) is 39.3 Å². The molecular weight excluding hydrogens is 444 g/mol. The van der Waals surface area contributed by atoms with E-state index in [0.717, 1.165) is 76.8 Å². The molecule has 2 aliphatic heterocycles. The summed E-state index contributed by atoms with van der Waals surface area (Å²) in [6.07, 6.45) is 6.38. The number of likely N-dealkylation sites (N-methyl/N-ethyl adjacent to an activating group) is 1. The second-order valence-electron chi connectivity index (χ2n) is 12.0. The fourth-order valence-electron chi connectivity index (χ4n) is 6.57. The molecule has 2 saturated heterocycles.